The van der Waals surface area contributed by atoms with E-state index in [2.05, 4.69) is 0 Å². The molecule has 1 heterocycles. The summed E-state index contributed by atoms with van der Waals surface area (Å²) in [7, 11) is -3.58. The molecule has 0 unspecified atom stereocenters. The van der Waals surface area contributed by atoms with E-state index in [1.165, 1.54) is 4.31 Å². The van der Waals surface area contributed by atoms with Crippen LogP contribution in [0.25, 0.3) is 0 Å². The van der Waals surface area contributed by atoms with Gasteiger partial charge in [-0.05, 0) is 38.8 Å². The Balaban J connectivity index is 2.02. The van der Waals surface area contributed by atoms with E-state index in [9.17, 15) is 13.2 Å². The Hall–Kier alpha value is -1.46. The molecule has 0 aromatic heterocycles. The topological polar surface area (TPSA) is 54.5 Å². The number of Topliss-reactive ketones (excluding diaryl/α,β-unsaturated/α-hetero) is 1. The van der Waals surface area contributed by atoms with Crippen molar-refractivity contribution in [1.29, 1.82) is 0 Å². The fourth-order valence-corrected chi connectivity index (χ4v) is 5.19. The molecule has 1 aliphatic heterocycles. The van der Waals surface area contributed by atoms with E-state index in [4.69, 9.17) is 0 Å². The predicted octanol–water partition coefficient (Wildman–Crippen LogP) is 2.68. The average Bonchev–Trinajstić information content (AvgIpc) is 2.48. The average molecular weight is 319 g/mol. The standard InChI is InChI=1S/C17H21NO3S/c1-13-7-9-14(10-8-13)22(20,21)18-12-4-11-17(2)15(18)5-3-6-16(17)19/h4,7-11,15H,3,5-6,12H2,1-2H3/t15-,17-/m1/s1. The van der Waals surface area contributed by atoms with Crippen molar-refractivity contribution in [3.8, 4) is 0 Å². The van der Waals surface area contributed by atoms with Gasteiger partial charge < -0.3 is 0 Å². The van der Waals surface area contributed by atoms with Gasteiger partial charge in [-0.25, -0.2) is 8.42 Å². The molecular formula is C17H21NO3S. The highest BCUT2D eigenvalue weighted by Gasteiger charge is 2.49. The Labute approximate surface area is 131 Å². The summed E-state index contributed by atoms with van der Waals surface area (Å²) < 4.78 is 27.5. The van der Waals surface area contributed by atoms with E-state index in [1.807, 2.05) is 26.0 Å². The first kappa shape index (κ1) is 15.4. The van der Waals surface area contributed by atoms with Crippen LogP contribution in [0.1, 0.15) is 31.7 Å². The summed E-state index contributed by atoms with van der Waals surface area (Å²) >= 11 is 0. The van der Waals surface area contributed by atoms with E-state index in [-0.39, 0.29) is 11.8 Å². The molecule has 0 bridgehead atoms. The van der Waals surface area contributed by atoms with Crippen molar-refractivity contribution in [3.05, 3.63) is 42.0 Å². The number of aryl methyl sites for hydroxylation is 1. The van der Waals surface area contributed by atoms with Gasteiger partial charge in [-0.2, -0.15) is 4.31 Å². The molecule has 0 spiro atoms. The second-order valence-corrected chi connectivity index (χ2v) is 8.29. The number of rotatable bonds is 2. The first-order valence-electron chi connectivity index (χ1n) is 7.65. The van der Waals surface area contributed by atoms with Crippen LogP contribution < -0.4 is 0 Å². The van der Waals surface area contributed by atoms with E-state index in [0.29, 0.717) is 17.9 Å². The van der Waals surface area contributed by atoms with Crippen molar-refractivity contribution in [2.24, 2.45) is 5.41 Å². The van der Waals surface area contributed by atoms with Crippen LogP contribution in [0.3, 0.4) is 0 Å². The van der Waals surface area contributed by atoms with Crippen molar-refractivity contribution < 1.29 is 13.2 Å². The summed E-state index contributed by atoms with van der Waals surface area (Å²) in [6.07, 6.45) is 5.74. The molecule has 0 radical (unpaired) electrons. The number of nitrogens with zero attached hydrogens (tertiary/aromatic N) is 1. The van der Waals surface area contributed by atoms with Crippen LogP contribution in [0.5, 0.6) is 0 Å². The van der Waals surface area contributed by atoms with Gasteiger partial charge >= 0.3 is 0 Å². The lowest BCUT2D eigenvalue weighted by Gasteiger charge is -2.46. The fourth-order valence-electron chi connectivity index (χ4n) is 3.50. The number of hydrogen-bond acceptors (Lipinski definition) is 3. The van der Waals surface area contributed by atoms with Crippen molar-refractivity contribution in [3.63, 3.8) is 0 Å². The molecule has 1 aromatic rings. The molecule has 1 aromatic carbocycles. The molecule has 0 N–H and O–H groups in total. The smallest absolute Gasteiger partial charge is 0.243 e. The molecule has 22 heavy (non-hydrogen) atoms. The van der Waals surface area contributed by atoms with Crippen LogP contribution >= 0.6 is 0 Å². The zero-order valence-corrected chi connectivity index (χ0v) is 13.8. The minimum absolute atomic E-state index is 0.142. The summed E-state index contributed by atoms with van der Waals surface area (Å²) in [6.45, 7) is 4.13. The van der Waals surface area contributed by atoms with Crippen LogP contribution in [0, 0.1) is 12.3 Å². The van der Waals surface area contributed by atoms with Crippen LogP contribution in [-0.4, -0.2) is 31.1 Å². The number of carbonyl (C=O) groups is 1. The molecule has 1 saturated carbocycles. The highest BCUT2D eigenvalue weighted by molar-refractivity contribution is 7.89. The third-order valence-electron chi connectivity index (χ3n) is 4.90. The SMILES string of the molecule is Cc1ccc(S(=O)(=O)N2CC=C[C@@]3(C)C(=O)CCC[C@@H]23)cc1. The molecule has 0 amide bonds. The van der Waals surface area contributed by atoms with Crippen molar-refractivity contribution in [2.45, 2.75) is 44.0 Å². The maximum atomic E-state index is 13.0. The summed E-state index contributed by atoms with van der Waals surface area (Å²) in [5.41, 5.74) is 0.337. The highest BCUT2D eigenvalue weighted by Crippen LogP contribution is 2.42. The quantitative estimate of drug-likeness (QED) is 0.788. The Morgan fingerprint density at radius 3 is 2.59 bits per heavy atom. The van der Waals surface area contributed by atoms with Crippen LogP contribution in [0.4, 0.5) is 0 Å². The number of benzene rings is 1. The summed E-state index contributed by atoms with van der Waals surface area (Å²) in [5, 5.41) is 0. The first-order chi connectivity index (χ1) is 10.4. The van der Waals surface area contributed by atoms with Crippen molar-refractivity contribution in [1.82, 2.24) is 4.31 Å². The molecular weight excluding hydrogens is 298 g/mol. The molecule has 4 nitrogen and oxygen atoms in total. The van der Waals surface area contributed by atoms with Gasteiger partial charge in [0.05, 0.1) is 10.3 Å². The summed E-state index contributed by atoms with van der Waals surface area (Å²) in [4.78, 5) is 12.6. The van der Waals surface area contributed by atoms with Gasteiger partial charge in [0.1, 0.15) is 5.78 Å². The first-order valence-corrected chi connectivity index (χ1v) is 9.09. The van der Waals surface area contributed by atoms with Gasteiger partial charge in [-0.15, -0.1) is 0 Å². The minimum Gasteiger partial charge on any atom is -0.299 e. The van der Waals surface area contributed by atoms with E-state index in [1.54, 1.807) is 24.3 Å². The molecule has 118 valence electrons. The highest BCUT2D eigenvalue weighted by atomic mass is 32.2. The van der Waals surface area contributed by atoms with E-state index in [0.717, 1.165) is 18.4 Å². The number of hydrogen-bond donors (Lipinski definition) is 0. The second-order valence-electron chi connectivity index (χ2n) is 6.40. The van der Waals surface area contributed by atoms with E-state index < -0.39 is 15.4 Å². The monoisotopic (exact) mass is 319 g/mol. The van der Waals surface area contributed by atoms with Gasteiger partial charge in [-0.1, -0.05) is 29.8 Å². The Bertz CT molecular complexity index is 721. The predicted molar refractivity (Wildman–Crippen MR) is 85.0 cm³/mol. The summed E-state index contributed by atoms with van der Waals surface area (Å²) in [5.74, 6) is 0.142. The molecule has 1 fully saturated rings. The van der Waals surface area contributed by atoms with Crippen molar-refractivity contribution >= 4 is 15.8 Å². The number of sulfonamides is 1. The lowest BCUT2D eigenvalue weighted by molar-refractivity contribution is -0.130. The molecule has 5 heteroatoms. The van der Waals surface area contributed by atoms with Crippen LogP contribution in [-0.2, 0) is 14.8 Å². The third-order valence-corrected chi connectivity index (χ3v) is 6.79. The maximum Gasteiger partial charge on any atom is 0.243 e. The van der Waals surface area contributed by atoms with Gasteiger partial charge in [0.15, 0.2) is 0 Å². The molecule has 2 atom stereocenters. The molecule has 1 aliphatic carbocycles. The van der Waals surface area contributed by atoms with Crippen LogP contribution in [0.2, 0.25) is 0 Å². The van der Waals surface area contributed by atoms with E-state index >= 15 is 0 Å². The molecule has 2 aliphatic rings. The second kappa shape index (κ2) is 5.32. The third kappa shape index (κ3) is 2.32. The lowest BCUT2D eigenvalue weighted by atomic mass is 9.69. The van der Waals surface area contributed by atoms with Gasteiger partial charge in [0.25, 0.3) is 0 Å². The number of carbonyl (C=O) groups excluding carboxylic acids is 1. The fraction of sp³-hybridized carbons (Fsp3) is 0.471. The normalized spacial score (nSPS) is 29.4. The number of fused-ring (bicyclic) bond motifs is 1. The Morgan fingerprint density at radius 2 is 1.91 bits per heavy atom. The molecule has 3 rings (SSSR count). The maximum absolute atomic E-state index is 13.0. The van der Waals surface area contributed by atoms with Gasteiger partial charge in [0.2, 0.25) is 10.0 Å². The summed E-state index contributed by atoms with van der Waals surface area (Å²) in [6, 6.07) is 6.62. The zero-order chi connectivity index (χ0) is 16.0. The lowest BCUT2D eigenvalue weighted by Crippen LogP contribution is -2.56. The van der Waals surface area contributed by atoms with Gasteiger partial charge in [-0.3, -0.25) is 4.79 Å². The Morgan fingerprint density at radius 1 is 1.23 bits per heavy atom. The zero-order valence-electron chi connectivity index (χ0n) is 13.0. The largest absolute Gasteiger partial charge is 0.299 e. The Kier molecular flexibility index (Phi) is 3.73. The van der Waals surface area contributed by atoms with Crippen LogP contribution in [0.15, 0.2) is 41.3 Å². The minimum atomic E-state index is -3.58. The van der Waals surface area contributed by atoms with Gasteiger partial charge in [0, 0.05) is 19.0 Å². The molecule has 0 saturated heterocycles. The van der Waals surface area contributed by atoms with Crippen molar-refractivity contribution in [2.75, 3.05) is 6.54 Å². The number of ketones is 1.